The number of ether oxygens (including phenoxy) is 2. The van der Waals surface area contributed by atoms with E-state index in [9.17, 15) is 66.9 Å². The highest BCUT2D eigenvalue weighted by atomic mass is 32.2. The van der Waals surface area contributed by atoms with Gasteiger partial charge in [0.05, 0.1) is 14.2 Å². The smallest absolute Gasteiger partial charge is 0.323 e. The molecule has 0 fully saturated rings. The van der Waals surface area contributed by atoms with Crippen LogP contribution in [0.15, 0.2) is 113 Å². The lowest BCUT2D eigenvalue weighted by molar-refractivity contribution is 0.262. The lowest BCUT2D eigenvalue weighted by Crippen LogP contribution is -2.19. The molecule has 0 unspecified atom stereocenters. The number of carbonyl (C=O) groups is 1. The molecule has 0 atom stereocenters. The topological polar surface area (TPSA) is 367 Å². The number of anilines is 2. The number of azo groups is 2. The van der Waals surface area contributed by atoms with E-state index < -0.39 is 89.0 Å². The summed E-state index contributed by atoms with van der Waals surface area (Å²) in [5.41, 5.74) is -1.63. The number of phenolic OH excluding ortho intramolecular Hbond substituents is 2. The molecule has 0 aliphatic carbocycles. The minimum Gasteiger partial charge on any atom is -0.505 e. The summed E-state index contributed by atoms with van der Waals surface area (Å²) in [6.07, 6.45) is 0. The third-order valence-electron chi connectivity index (χ3n) is 9.20. The average molecular weight is 961 g/mol. The molecule has 23 nitrogen and oxygen atoms in total. The molecule has 8 N–H and O–H groups in total. The first kappa shape index (κ1) is 46.6. The second-order valence-electron chi connectivity index (χ2n) is 13.5. The molecular weight excluding hydrogens is 929 g/mol. The molecule has 64 heavy (non-hydrogen) atoms. The Kier molecular flexibility index (Phi) is 12.4. The maximum absolute atomic E-state index is 13.1. The molecular formula is C37H32N6O17S4. The molecule has 0 aromatic heterocycles. The van der Waals surface area contributed by atoms with Crippen LogP contribution in [0.25, 0.3) is 21.5 Å². The number of aryl methyl sites for hydroxylation is 2. The summed E-state index contributed by atoms with van der Waals surface area (Å²) >= 11 is 0. The highest BCUT2D eigenvalue weighted by Crippen LogP contribution is 2.45. The van der Waals surface area contributed by atoms with Gasteiger partial charge in [-0.1, -0.05) is 0 Å². The van der Waals surface area contributed by atoms with Gasteiger partial charge in [0.1, 0.15) is 53.8 Å². The number of amides is 2. The summed E-state index contributed by atoms with van der Waals surface area (Å²) in [6, 6.07) is 12.8. The SMILES string of the molecule is COc1cc(S(=O)(=O)O)c(C)cc1/N=N/c1c(S(=O)(=O)O)cc2cc(NC(=O)Nc3ccc4c(O)c(/N=N/c5cc(C)c(S(=O)(=O)O)cc5OC)c(S(=O)(=O)O)cc4c3)ccc2c1O. The van der Waals surface area contributed by atoms with E-state index in [0.29, 0.717) is 0 Å². The van der Waals surface area contributed by atoms with Crippen LogP contribution in [0.1, 0.15) is 11.1 Å². The number of nitrogens with one attached hydrogen (secondary N) is 2. The van der Waals surface area contributed by atoms with Gasteiger partial charge in [0.25, 0.3) is 40.5 Å². The summed E-state index contributed by atoms with van der Waals surface area (Å²) in [6.45, 7) is 2.66. The Hall–Kier alpha value is -6.85. The number of nitrogens with zero attached hydrogens (tertiary/aromatic N) is 4. The lowest BCUT2D eigenvalue weighted by atomic mass is 10.1. The zero-order valence-corrected chi connectivity index (χ0v) is 36.3. The molecule has 6 rings (SSSR count). The molecule has 6 aromatic rings. The van der Waals surface area contributed by atoms with E-state index in [1.54, 1.807) is 0 Å². The van der Waals surface area contributed by atoms with Crippen molar-refractivity contribution in [1.29, 1.82) is 0 Å². The van der Waals surface area contributed by atoms with Crippen LogP contribution in [0.5, 0.6) is 23.0 Å². The number of benzene rings is 6. The summed E-state index contributed by atoms with van der Waals surface area (Å²) in [5, 5.41) is 42.5. The number of methoxy groups -OCH3 is 2. The molecule has 0 aliphatic rings. The maximum Gasteiger partial charge on any atom is 0.323 e. The second-order valence-corrected chi connectivity index (χ2v) is 19.0. The van der Waals surface area contributed by atoms with Gasteiger partial charge in [0, 0.05) is 34.3 Å². The number of aromatic hydroxyl groups is 2. The maximum atomic E-state index is 13.1. The second kappa shape index (κ2) is 17.0. The molecule has 0 spiro atoms. The highest BCUT2D eigenvalue weighted by Gasteiger charge is 2.25. The third-order valence-corrected chi connectivity index (χ3v) is 12.9. The number of hydrogen-bond donors (Lipinski definition) is 8. The Balaban J connectivity index is 1.29. The number of carbonyl (C=O) groups excluding carboxylic acids is 1. The minimum atomic E-state index is -5.11. The van der Waals surface area contributed by atoms with Gasteiger partial charge in [-0.25, -0.2) is 4.79 Å². The molecule has 0 saturated heterocycles. The van der Waals surface area contributed by atoms with E-state index in [4.69, 9.17) is 9.47 Å². The zero-order chi connectivity index (χ0) is 47.3. The Labute approximate surface area is 362 Å². The van der Waals surface area contributed by atoms with Gasteiger partial charge in [-0.3, -0.25) is 18.2 Å². The molecule has 336 valence electrons. The predicted molar refractivity (Wildman–Crippen MR) is 227 cm³/mol. The van der Waals surface area contributed by atoms with Crippen molar-refractivity contribution >= 4 is 102 Å². The van der Waals surface area contributed by atoms with E-state index in [1.165, 1.54) is 50.2 Å². The van der Waals surface area contributed by atoms with E-state index >= 15 is 0 Å². The Morgan fingerprint density at radius 1 is 0.500 bits per heavy atom. The number of rotatable bonds is 12. The predicted octanol–water partition coefficient (Wildman–Crippen LogP) is 7.50. The van der Waals surface area contributed by atoms with E-state index in [-0.39, 0.29) is 66.9 Å². The first-order valence-corrected chi connectivity index (χ1v) is 23.3. The number of urea groups is 1. The van der Waals surface area contributed by atoms with Crippen LogP contribution < -0.4 is 20.1 Å². The number of hydrogen-bond acceptors (Lipinski definition) is 17. The molecule has 2 amide bonds. The monoisotopic (exact) mass is 960 g/mol. The van der Waals surface area contributed by atoms with E-state index in [1.807, 2.05) is 0 Å². The first-order chi connectivity index (χ1) is 29.7. The third kappa shape index (κ3) is 9.70. The molecule has 27 heteroatoms. The Bertz CT molecular complexity index is 3260. The van der Waals surface area contributed by atoms with Crippen LogP contribution in [0.2, 0.25) is 0 Å². The van der Waals surface area contributed by atoms with Crippen LogP contribution in [-0.2, 0) is 40.5 Å². The first-order valence-electron chi connectivity index (χ1n) is 17.5. The van der Waals surface area contributed by atoms with Crippen LogP contribution in [0.4, 0.5) is 38.9 Å². The van der Waals surface area contributed by atoms with E-state index in [2.05, 4.69) is 31.1 Å². The Morgan fingerprint density at radius 2 is 0.844 bits per heavy atom. The van der Waals surface area contributed by atoms with Crippen LogP contribution in [0, 0.1) is 13.8 Å². The van der Waals surface area contributed by atoms with Crippen molar-refractivity contribution in [3.05, 3.63) is 83.9 Å². The van der Waals surface area contributed by atoms with Gasteiger partial charge < -0.3 is 30.3 Å². The van der Waals surface area contributed by atoms with Gasteiger partial charge in [0.2, 0.25) is 0 Å². The van der Waals surface area contributed by atoms with Crippen molar-refractivity contribution in [2.75, 3.05) is 24.9 Å². The van der Waals surface area contributed by atoms with Gasteiger partial charge in [-0.15, -0.1) is 20.5 Å². The van der Waals surface area contributed by atoms with Crippen LogP contribution in [0.3, 0.4) is 0 Å². The fraction of sp³-hybridized carbons (Fsp3) is 0.108. The van der Waals surface area contributed by atoms with Crippen LogP contribution in [-0.4, -0.2) is 82.3 Å². The molecule has 0 saturated carbocycles. The lowest BCUT2D eigenvalue weighted by Gasteiger charge is -2.13. The number of phenols is 2. The highest BCUT2D eigenvalue weighted by molar-refractivity contribution is 7.86. The van der Waals surface area contributed by atoms with Gasteiger partial charge >= 0.3 is 6.03 Å². The fourth-order valence-corrected chi connectivity index (χ4v) is 9.05. The van der Waals surface area contributed by atoms with Gasteiger partial charge in [-0.05, 0) is 96.4 Å². The molecule has 0 heterocycles. The average Bonchev–Trinajstić information content (AvgIpc) is 3.18. The van der Waals surface area contributed by atoms with Crippen molar-refractivity contribution in [1.82, 2.24) is 0 Å². The van der Waals surface area contributed by atoms with Gasteiger partial charge in [-0.2, -0.15) is 33.7 Å². The quantitative estimate of drug-likeness (QED) is 0.0434. The molecule has 0 aliphatic heterocycles. The summed E-state index contributed by atoms with van der Waals surface area (Å²) in [7, 11) is -17.2. The summed E-state index contributed by atoms with van der Waals surface area (Å²) < 4.78 is 146. The standard InChI is InChI=1S/C37H32N6O17S4/c1-17-9-25(27(59-3)15-29(17)61(47,48)49)40-42-33-31(63(53,54)55)13-19-11-21(5-7-23(19)35(33)44)38-37(46)39-22-6-8-24-20(12-22)14-32(64(56,57)58)34(36(24)45)43-41-26-10-18(2)30(62(50,51)52)16-28(26)60-4/h5-16,44-45H,1-4H3,(H2,38,39,46)(H,47,48,49)(H,50,51,52)(H,53,54,55)(H,56,57,58)/b42-40+,43-41+. The fourth-order valence-electron chi connectivity index (χ4n) is 6.29. The molecule has 0 bridgehead atoms. The normalized spacial score (nSPS) is 12.6. The molecule has 0 radical (unpaired) electrons. The zero-order valence-electron chi connectivity index (χ0n) is 33.0. The van der Waals surface area contributed by atoms with Crippen molar-refractivity contribution in [2.24, 2.45) is 20.5 Å². The summed E-state index contributed by atoms with van der Waals surface area (Å²) in [5.74, 6) is -1.95. The van der Waals surface area contributed by atoms with Crippen molar-refractivity contribution in [2.45, 2.75) is 33.4 Å². The van der Waals surface area contributed by atoms with Crippen molar-refractivity contribution in [3.8, 4) is 23.0 Å². The largest absolute Gasteiger partial charge is 0.505 e. The van der Waals surface area contributed by atoms with Crippen molar-refractivity contribution < 1.29 is 76.4 Å². The van der Waals surface area contributed by atoms with Crippen molar-refractivity contribution in [3.63, 3.8) is 0 Å². The van der Waals surface area contributed by atoms with Gasteiger partial charge in [0.15, 0.2) is 11.5 Å². The van der Waals surface area contributed by atoms with E-state index in [0.717, 1.165) is 50.6 Å². The Morgan fingerprint density at radius 3 is 1.16 bits per heavy atom. The van der Waals surface area contributed by atoms with Crippen LogP contribution >= 0.6 is 0 Å². The summed E-state index contributed by atoms with van der Waals surface area (Å²) in [4.78, 5) is 10.3. The minimum absolute atomic E-state index is 0.0185. The molecule has 6 aromatic carbocycles. The number of fused-ring (bicyclic) bond motifs is 2.